The van der Waals surface area contributed by atoms with Crippen molar-refractivity contribution in [2.45, 2.75) is 59.2 Å². The molecule has 10 heteroatoms. The SMILES string of the molecule is CCN(C(=O)C(CS)NC(=O)OC(C)(C)C)C(C(=O)NCC(=O)OC)c1cccc(C)c1C. The van der Waals surface area contributed by atoms with Crippen molar-refractivity contribution in [3.63, 3.8) is 0 Å². The van der Waals surface area contributed by atoms with E-state index in [0.717, 1.165) is 11.1 Å². The summed E-state index contributed by atoms with van der Waals surface area (Å²) in [5, 5.41) is 5.07. The molecule has 0 saturated carbocycles. The van der Waals surface area contributed by atoms with Crippen LogP contribution in [0.1, 0.15) is 50.4 Å². The van der Waals surface area contributed by atoms with Crippen LogP contribution in [0.15, 0.2) is 18.2 Å². The Kier molecular flexibility index (Phi) is 10.7. The van der Waals surface area contributed by atoms with Crippen molar-refractivity contribution in [1.29, 1.82) is 0 Å². The Hall–Kier alpha value is -2.75. The van der Waals surface area contributed by atoms with Gasteiger partial charge in [-0.3, -0.25) is 14.4 Å². The monoisotopic (exact) mass is 481 g/mol. The molecule has 33 heavy (non-hydrogen) atoms. The second kappa shape index (κ2) is 12.5. The highest BCUT2D eigenvalue weighted by molar-refractivity contribution is 7.80. The molecule has 0 saturated heterocycles. The summed E-state index contributed by atoms with van der Waals surface area (Å²) in [4.78, 5) is 51.8. The average molecular weight is 482 g/mol. The normalized spacial score (nSPS) is 12.8. The molecule has 2 unspecified atom stereocenters. The van der Waals surface area contributed by atoms with E-state index in [1.165, 1.54) is 12.0 Å². The van der Waals surface area contributed by atoms with E-state index in [-0.39, 0.29) is 18.8 Å². The Balaban J connectivity index is 3.32. The number of ether oxygens (including phenoxy) is 2. The van der Waals surface area contributed by atoms with Crippen LogP contribution in [0.4, 0.5) is 4.79 Å². The number of benzene rings is 1. The summed E-state index contributed by atoms with van der Waals surface area (Å²) in [7, 11) is 1.22. The third-order valence-corrected chi connectivity index (χ3v) is 5.30. The maximum Gasteiger partial charge on any atom is 0.408 e. The number of amides is 3. The summed E-state index contributed by atoms with van der Waals surface area (Å²) in [5.41, 5.74) is 1.65. The first-order valence-corrected chi connectivity index (χ1v) is 11.3. The van der Waals surface area contributed by atoms with Crippen molar-refractivity contribution in [1.82, 2.24) is 15.5 Å². The molecule has 1 aromatic rings. The second-order valence-electron chi connectivity index (χ2n) is 8.49. The Morgan fingerprint density at radius 3 is 2.30 bits per heavy atom. The summed E-state index contributed by atoms with van der Waals surface area (Å²) >= 11 is 4.22. The number of methoxy groups -OCH3 is 1. The van der Waals surface area contributed by atoms with Gasteiger partial charge in [-0.2, -0.15) is 12.6 Å². The van der Waals surface area contributed by atoms with E-state index < -0.39 is 41.6 Å². The van der Waals surface area contributed by atoms with Gasteiger partial charge in [0.15, 0.2) is 0 Å². The lowest BCUT2D eigenvalue weighted by Crippen LogP contribution is -2.54. The average Bonchev–Trinajstić information content (AvgIpc) is 2.74. The first kappa shape index (κ1) is 28.3. The van der Waals surface area contributed by atoms with Crippen LogP contribution in [0.3, 0.4) is 0 Å². The second-order valence-corrected chi connectivity index (χ2v) is 8.86. The number of thiol groups is 1. The maximum absolute atomic E-state index is 13.5. The molecule has 0 heterocycles. The van der Waals surface area contributed by atoms with E-state index >= 15 is 0 Å². The van der Waals surface area contributed by atoms with Gasteiger partial charge in [0.05, 0.1) is 7.11 Å². The van der Waals surface area contributed by atoms with Crippen LogP contribution in [0, 0.1) is 13.8 Å². The van der Waals surface area contributed by atoms with Gasteiger partial charge in [-0.25, -0.2) is 4.79 Å². The number of carbonyl (C=O) groups excluding carboxylic acids is 4. The molecular weight excluding hydrogens is 446 g/mol. The lowest BCUT2D eigenvalue weighted by molar-refractivity contribution is -0.144. The van der Waals surface area contributed by atoms with Crippen LogP contribution in [0.2, 0.25) is 0 Å². The quantitative estimate of drug-likeness (QED) is 0.368. The molecule has 2 N–H and O–H groups in total. The number of nitrogens with one attached hydrogen (secondary N) is 2. The molecule has 0 fully saturated rings. The van der Waals surface area contributed by atoms with E-state index in [1.54, 1.807) is 39.8 Å². The molecule has 0 bridgehead atoms. The molecule has 1 aromatic carbocycles. The number of aryl methyl sites for hydroxylation is 1. The molecule has 0 radical (unpaired) electrons. The Morgan fingerprint density at radius 2 is 1.79 bits per heavy atom. The largest absolute Gasteiger partial charge is 0.468 e. The molecule has 0 aliphatic heterocycles. The van der Waals surface area contributed by atoms with Gasteiger partial charge in [-0.1, -0.05) is 18.2 Å². The predicted molar refractivity (Wildman–Crippen MR) is 128 cm³/mol. The molecule has 9 nitrogen and oxygen atoms in total. The Bertz CT molecular complexity index is 868. The van der Waals surface area contributed by atoms with Crippen LogP contribution >= 0.6 is 12.6 Å². The van der Waals surface area contributed by atoms with E-state index in [4.69, 9.17) is 4.74 Å². The van der Waals surface area contributed by atoms with Gasteiger partial charge in [0.25, 0.3) is 0 Å². The number of nitrogens with zero attached hydrogens (tertiary/aromatic N) is 1. The summed E-state index contributed by atoms with van der Waals surface area (Å²) in [6, 6.07) is 3.41. The van der Waals surface area contributed by atoms with Crippen molar-refractivity contribution in [2.75, 3.05) is 26.0 Å². The third-order valence-electron chi connectivity index (χ3n) is 4.93. The van der Waals surface area contributed by atoms with E-state index in [9.17, 15) is 19.2 Å². The van der Waals surface area contributed by atoms with Crippen molar-refractivity contribution < 1.29 is 28.7 Å². The summed E-state index contributed by atoms with van der Waals surface area (Å²) in [6.07, 6.45) is -0.760. The maximum atomic E-state index is 13.5. The number of hydrogen-bond acceptors (Lipinski definition) is 7. The highest BCUT2D eigenvalue weighted by Gasteiger charge is 2.36. The first-order valence-electron chi connectivity index (χ1n) is 10.7. The lowest BCUT2D eigenvalue weighted by atomic mass is 9.95. The minimum Gasteiger partial charge on any atom is -0.468 e. The number of likely N-dealkylation sites (N-methyl/N-ethyl adjacent to an activating group) is 1. The zero-order valence-electron chi connectivity index (χ0n) is 20.4. The molecule has 2 atom stereocenters. The molecule has 0 aliphatic rings. The van der Waals surface area contributed by atoms with Gasteiger partial charge >= 0.3 is 12.1 Å². The highest BCUT2D eigenvalue weighted by Crippen LogP contribution is 2.27. The fraction of sp³-hybridized carbons (Fsp3) is 0.565. The van der Waals surface area contributed by atoms with Crippen LogP contribution in [-0.4, -0.2) is 66.4 Å². The fourth-order valence-corrected chi connectivity index (χ4v) is 3.40. The molecular formula is C23H35N3O6S. The van der Waals surface area contributed by atoms with Crippen LogP contribution in [0.5, 0.6) is 0 Å². The van der Waals surface area contributed by atoms with E-state index in [1.807, 2.05) is 19.9 Å². The molecule has 184 valence electrons. The van der Waals surface area contributed by atoms with E-state index in [2.05, 4.69) is 28.0 Å². The molecule has 3 amide bonds. The lowest BCUT2D eigenvalue weighted by Gasteiger charge is -2.34. The zero-order valence-corrected chi connectivity index (χ0v) is 21.2. The van der Waals surface area contributed by atoms with E-state index in [0.29, 0.717) is 5.56 Å². The summed E-state index contributed by atoms with van der Waals surface area (Å²) < 4.78 is 9.85. The van der Waals surface area contributed by atoms with Crippen molar-refractivity contribution in [2.24, 2.45) is 0 Å². The smallest absolute Gasteiger partial charge is 0.408 e. The van der Waals surface area contributed by atoms with Gasteiger partial charge in [0.2, 0.25) is 11.8 Å². The number of hydrogen-bond donors (Lipinski definition) is 3. The third kappa shape index (κ3) is 8.27. The summed E-state index contributed by atoms with van der Waals surface area (Å²) in [6.45, 7) is 10.5. The van der Waals surface area contributed by atoms with Gasteiger partial charge in [0.1, 0.15) is 24.2 Å². The Labute approximate surface area is 201 Å². The first-order chi connectivity index (χ1) is 15.4. The van der Waals surface area contributed by atoms with Gasteiger partial charge < -0.3 is 25.0 Å². The Morgan fingerprint density at radius 1 is 1.15 bits per heavy atom. The number of alkyl carbamates (subject to hydrolysis) is 1. The van der Waals surface area contributed by atoms with Crippen LogP contribution in [0.25, 0.3) is 0 Å². The number of carbonyl (C=O) groups is 4. The fourth-order valence-electron chi connectivity index (χ4n) is 3.15. The molecule has 0 aliphatic carbocycles. The molecule has 0 spiro atoms. The van der Waals surface area contributed by atoms with Crippen LogP contribution in [-0.2, 0) is 23.9 Å². The van der Waals surface area contributed by atoms with Crippen LogP contribution < -0.4 is 10.6 Å². The highest BCUT2D eigenvalue weighted by atomic mass is 32.1. The predicted octanol–water partition coefficient (Wildman–Crippen LogP) is 2.31. The van der Waals surface area contributed by atoms with Gasteiger partial charge in [0, 0.05) is 12.3 Å². The van der Waals surface area contributed by atoms with Crippen molar-refractivity contribution >= 4 is 36.5 Å². The molecule has 0 aromatic heterocycles. The standard InChI is InChI=1S/C23H35N3O6S/c1-8-26(21(29)17(13-33)25-22(30)32-23(4,5)6)19(20(28)24-12-18(27)31-7)16-11-9-10-14(2)15(16)3/h9-11,17,19,33H,8,12-13H2,1-7H3,(H,24,28)(H,25,30). The number of rotatable bonds is 9. The summed E-state index contributed by atoms with van der Waals surface area (Å²) in [5.74, 6) is -1.66. The van der Waals surface area contributed by atoms with Crippen molar-refractivity contribution in [3.8, 4) is 0 Å². The van der Waals surface area contributed by atoms with Crippen molar-refractivity contribution in [3.05, 3.63) is 34.9 Å². The van der Waals surface area contributed by atoms with Gasteiger partial charge in [-0.15, -0.1) is 0 Å². The minimum absolute atomic E-state index is 0.00211. The topological polar surface area (TPSA) is 114 Å². The zero-order chi connectivity index (χ0) is 25.3. The minimum atomic E-state index is -1.03. The van der Waals surface area contributed by atoms with Gasteiger partial charge in [-0.05, 0) is 58.2 Å². The number of esters is 1. The molecule has 1 rings (SSSR count).